The van der Waals surface area contributed by atoms with Gasteiger partial charge in [0.25, 0.3) is 0 Å². The summed E-state index contributed by atoms with van der Waals surface area (Å²) in [6.45, 7) is 3.97. The molecule has 26 heavy (non-hydrogen) atoms. The maximum absolute atomic E-state index is 12.6. The number of rotatable bonds is 4. The van der Waals surface area contributed by atoms with Gasteiger partial charge in [-0.25, -0.2) is 4.98 Å². The molecule has 0 saturated heterocycles. The van der Waals surface area contributed by atoms with E-state index in [1.807, 2.05) is 32.0 Å². The predicted molar refractivity (Wildman–Crippen MR) is 96.0 cm³/mol. The summed E-state index contributed by atoms with van der Waals surface area (Å²) in [7, 11) is 0. The van der Waals surface area contributed by atoms with Crippen molar-refractivity contribution in [2.75, 3.05) is 10.6 Å². The molecule has 134 valence electrons. The molecule has 1 heterocycles. The van der Waals surface area contributed by atoms with Gasteiger partial charge < -0.3 is 10.6 Å². The van der Waals surface area contributed by atoms with E-state index >= 15 is 0 Å². The zero-order chi connectivity index (χ0) is 18.7. The molecule has 0 aliphatic heterocycles. The van der Waals surface area contributed by atoms with Crippen LogP contribution in [0.4, 0.5) is 36.3 Å². The van der Waals surface area contributed by atoms with E-state index in [2.05, 4.69) is 20.6 Å². The Hall–Kier alpha value is -3.09. The predicted octanol–water partition coefficient (Wildman–Crippen LogP) is 5.60. The van der Waals surface area contributed by atoms with Crippen LogP contribution >= 0.6 is 0 Å². The summed E-state index contributed by atoms with van der Waals surface area (Å²) in [5, 5.41) is 6.13. The molecule has 1 aromatic heterocycles. The maximum Gasteiger partial charge on any atom is 0.416 e. The molecule has 0 atom stereocenters. The normalized spacial score (nSPS) is 11.3. The van der Waals surface area contributed by atoms with Crippen molar-refractivity contribution in [3.63, 3.8) is 0 Å². The second-order valence-corrected chi connectivity index (χ2v) is 5.91. The van der Waals surface area contributed by atoms with Crippen LogP contribution < -0.4 is 10.6 Å². The zero-order valence-electron chi connectivity index (χ0n) is 14.2. The topological polar surface area (TPSA) is 49.8 Å². The first kappa shape index (κ1) is 17.7. The van der Waals surface area contributed by atoms with Crippen molar-refractivity contribution in [3.8, 4) is 0 Å². The van der Waals surface area contributed by atoms with E-state index in [1.54, 1.807) is 12.3 Å². The number of aromatic nitrogens is 2. The molecule has 3 aromatic rings. The molecular formula is C19H17F3N4. The third-order valence-corrected chi connectivity index (χ3v) is 3.78. The Balaban J connectivity index is 1.76. The van der Waals surface area contributed by atoms with Gasteiger partial charge in [-0.15, -0.1) is 0 Å². The van der Waals surface area contributed by atoms with Crippen LogP contribution in [0.1, 0.15) is 16.7 Å². The lowest BCUT2D eigenvalue weighted by Gasteiger charge is -2.11. The molecule has 0 aliphatic rings. The molecule has 0 saturated carbocycles. The number of alkyl halides is 3. The van der Waals surface area contributed by atoms with Crippen LogP contribution in [0, 0.1) is 13.8 Å². The van der Waals surface area contributed by atoms with Crippen molar-refractivity contribution in [1.82, 2.24) is 9.97 Å². The highest BCUT2D eigenvalue weighted by atomic mass is 19.4. The van der Waals surface area contributed by atoms with Gasteiger partial charge in [0.05, 0.1) is 5.56 Å². The Bertz CT molecular complexity index is 905. The second-order valence-electron chi connectivity index (χ2n) is 5.91. The lowest BCUT2D eigenvalue weighted by Crippen LogP contribution is -2.05. The minimum absolute atomic E-state index is 0.399. The molecule has 0 aliphatic carbocycles. The van der Waals surface area contributed by atoms with Crippen molar-refractivity contribution in [2.24, 2.45) is 0 Å². The Morgan fingerprint density at radius 2 is 1.62 bits per heavy atom. The third kappa shape index (κ3) is 4.30. The lowest BCUT2D eigenvalue weighted by molar-refractivity contribution is -0.137. The third-order valence-electron chi connectivity index (χ3n) is 3.78. The van der Waals surface area contributed by atoms with Gasteiger partial charge >= 0.3 is 6.18 Å². The fraction of sp³-hybridized carbons (Fsp3) is 0.158. The molecule has 0 spiro atoms. The molecule has 2 N–H and O–H groups in total. The van der Waals surface area contributed by atoms with Gasteiger partial charge in [-0.05, 0) is 61.4 Å². The number of benzene rings is 2. The molecule has 4 nitrogen and oxygen atoms in total. The van der Waals surface area contributed by atoms with Crippen LogP contribution in [-0.2, 0) is 6.18 Å². The first-order valence-electron chi connectivity index (χ1n) is 7.93. The standard InChI is InChI=1S/C19H17F3N4/c1-12-3-4-13(2)16(11-12)25-18-23-10-9-17(26-18)24-15-7-5-14(6-8-15)19(20,21)22/h3-11H,1-2H3,(H2,23,24,25,26). The van der Waals surface area contributed by atoms with Crippen LogP contribution in [0.2, 0.25) is 0 Å². The first-order valence-corrected chi connectivity index (χ1v) is 7.93. The van der Waals surface area contributed by atoms with Crippen molar-refractivity contribution >= 4 is 23.1 Å². The van der Waals surface area contributed by atoms with Crippen molar-refractivity contribution in [3.05, 3.63) is 71.4 Å². The Morgan fingerprint density at radius 1 is 0.885 bits per heavy atom. The highest BCUT2D eigenvalue weighted by molar-refractivity contribution is 5.62. The largest absolute Gasteiger partial charge is 0.416 e. The molecule has 0 radical (unpaired) electrons. The van der Waals surface area contributed by atoms with E-state index in [0.717, 1.165) is 28.9 Å². The minimum Gasteiger partial charge on any atom is -0.340 e. The average molecular weight is 358 g/mol. The van der Waals surface area contributed by atoms with Gasteiger partial charge in [-0.3, -0.25) is 0 Å². The minimum atomic E-state index is -4.35. The molecule has 2 aromatic carbocycles. The van der Waals surface area contributed by atoms with Gasteiger partial charge in [0.2, 0.25) is 5.95 Å². The summed E-state index contributed by atoms with van der Waals surface area (Å²) in [6.07, 6.45) is -2.77. The van der Waals surface area contributed by atoms with Crippen molar-refractivity contribution < 1.29 is 13.2 Å². The molecule has 0 fully saturated rings. The molecule has 0 unspecified atom stereocenters. The first-order chi connectivity index (χ1) is 12.3. The number of hydrogen-bond acceptors (Lipinski definition) is 4. The monoisotopic (exact) mass is 358 g/mol. The number of nitrogens with zero attached hydrogens (tertiary/aromatic N) is 2. The van der Waals surface area contributed by atoms with Crippen molar-refractivity contribution in [1.29, 1.82) is 0 Å². The molecule has 0 bridgehead atoms. The van der Waals surface area contributed by atoms with Gasteiger partial charge in [0, 0.05) is 17.6 Å². The highest BCUT2D eigenvalue weighted by Crippen LogP contribution is 2.30. The lowest BCUT2D eigenvalue weighted by atomic mass is 10.1. The maximum atomic E-state index is 12.6. The highest BCUT2D eigenvalue weighted by Gasteiger charge is 2.29. The summed E-state index contributed by atoms with van der Waals surface area (Å²) in [5.41, 5.74) is 2.88. The molecule has 7 heteroatoms. The zero-order valence-corrected chi connectivity index (χ0v) is 14.2. The fourth-order valence-corrected chi connectivity index (χ4v) is 2.37. The van der Waals surface area contributed by atoms with Crippen LogP contribution in [0.5, 0.6) is 0 Å². The number of anilines is 4. The molecule has 3 rings (SSSR count). The smallest absolute Gasteiger partial charge is 0.340 e. The van der Waals surface area contributed by atoms with E-state index < -0.39 is 11.7 Å². The second kappa shape index (κ2) is 7.03. The summed E-state index contributed by atoms with van der Waals surface area (Å²) in [6, 6.07) is 12.4. The molecule has 0 amide bonds. The number of aryl methyl sites for hydroxylation is 2. The Labute approximate surface area is 149 Å². The number of halogens is 3. The van der Waals surface area contributed by atoms with Gasteiger partial charge in [0.15, 0.2) is 0 Å². The quantitative estimate of drug-likeness (QED) is 0.637. The number of nitrogens with one attached hydrogen (secondary N) is 2. The van der Waals surface area contributed by atoms with Gasteiger partial charge in [0.1, 0.15) is 5.82 Å². The van der Waals surface area contributed by atoms with Crippen molar-refractivity contribution in [2.45, 2.75) is 20.0 Å². The average Bonchev–Trinajstić information content (AvgIpc) is 2.58. The summed E-state index contributed by atoms with van der Waals surface area (Å²) >= 11 is 0. The SMILES string of the molecule is Cc1ccc(C)c(Nc2nccc(Nc3ccc(C(F)(F)F)cc3)n2)c1. The summed E-state index contributed by atoms with van der Waals surface area (Å²) < 4.78 is 37.9. The number of hydrogen-bond donors (Lipinski definition) is 2. The van der Waals surface area contributed by atoms with E-state index in [1.165, 1.54) is 12.1 Å². The Kier molecular flexibility index (Phi) is 4.79. The van der Waals surface area contributed by atoms with E-state index in [0.29, 0.717) is 17.5 Å². The molecular weight excluding hydrogens is 341 g/mol. The van der Waals surface area contributed by atoms with Gasteiger partial charge in [-0.2, -0.15) is 18.2 Å². The van der Waals surface area contributed by atoms with E-state index in [4.69, 9.17) is 0 Å². The van der Waals surface area contributed by atoms with E-state index in [-0.39, 0.29) is 0 Å². The van der Waals surface area contributed by atoms with Crippen LogP contribution in [0.3, 0.4) is 0 Å². The van der Waals surface area contributed by atoms with Crippen LogP contribution in [0.15, 0.2) is 54.7 Å². The summed E-state index contributed by atoms with van der Waals surface area (Å²) in [5.74, 6) is 0.878. The fourth-order valence-electron chi connectivity index (χ4n) is 2.37. The van der Waals surface area contributed by atoms with Gasteiger partial charge in [-0.1, -0.05) is 12.1 Å². The van der Waals surface area contributed by atoms with E-state index in [9.17, 15) is 13.2 Å². The summed E-state index contributed by atoms with van der Waals surface area (Å²) in [4.78, 5) is 8.53. The Morgan fingerprint density at radius 3 is 2.31 bits per heavy atom. The van der Waals surface area contributed by atoms with Crippen LogP contribution in [-0.4, -0.2) is 9.97 Å². The van der Waals surface area contributed by atoms with Crippen LogP contribution in [0.25, 0.3) is 0 Å².